The van der Waals surface area contributed by atoms with Crippen molar-refractivity contribution < 1.29 is 9.59 Å². The highest BCUT2D eigenvalue weighted by Gasteiger charge is 2.28. The van der Waals surface area contributed by atoms with Crippen LogP contribution in [0.3, 0.4) is 0 Å². The SMILES string of the molecule is CC1CCC(=O)N1c1cccc(NC(=O)c2cnc3c(c2)ncn3Cc2ccccn2)c1. The summed E-state index contributed by atoms with van der Waals surface area (Å²) < 4.78 is 1.90. The van der Waals surface area contributed by atoms with Crippen LogP contribution in [0, 0.1) is 0 Å². The molecule has 1 aliphatic rings. The van der Waals surface area contributed by atoms with Crippen molar-refractivity contribution >= 4 is 34.4 Å². The van der Waals surface area contributed by atoms with Gasteiger partial charge in [-0.1, -0.05) is 12.1 Å². The molecule has 1 atom stereocenters. The highest BCUT2D eigenvalue weighted by atomic mass is 16.2. The van der Waals surface area contributed by atoms with Crippen LogP contribution in [0.25, 0.3) is 11.2 Å². The first kappa shape index (κ1) is 19.9. The third kappa shape index (κ3) is 3.82. The molecule has 4 heterocycles. The molecular formula is C24H22N6O2. The Morgan fingerprint density at radius 2 is 2.03 bits per heavy atom. The molecule has 8 heteroatoms. The molecule has 0 radical (unpaired) electrons. The average Bonchev–Trinajstić information content (AvgIpc) is 3.36. The normalized spacial score (nSPS) is 16.0. The second-order valence-corrected chi connectivity index (χ2v) is 7.92. The van der Waals surface area contributed by atoms with Crippen LogP contribution in [-0.2, 0) is 11.3 Å². The molecule has 1 aliphatic heterocycles. The van der Waals surface area contributed by atoms with E-state index in [1.165, 1.54) is 0 Å². The van der Waals surface area contributed by atoms with Crippen LogP contribution < -0.4 is 10.2 Å². The fourth-order valence-corrected chi connectivity index (χ4v) is 4.02. The minimum Gasteiger partial charge on any atom is -0.322 e. The monoisotopic (exact) mass is 426 g/mol. The Balaban J connectivity index is 1.34. The molecule has 0 bridgehead atoms. The molecule has 1 unspecified atom stereocenters. The maximum atomic E-state index is 12.8. The molecule has 0 aliphatic carbocycles. The maximum absolute atomic E-state index is 12.8. The van der Waals surface area contributed by atoms with Gasteiger partial charge in [-0.25, -0.2) is 9.97 Å². The molecular weight excluding hydrogens is 404 g/mol. The lowest BCUT2D eigenvalue weighted by atomic mass is 10.2. The molecule has 0 spiro atoms. The van der Waals surface area contributed by atoms with Gasteiger partial charge in [0.2, 0.25) is 5.91 Å². The lowest BCUT2D eigenvalue weighted by Gasteiger charge is -2.22. The van der Waals surface area contributed by atoms with Gasteiger partial charge in [0.15, 0.2) is 5.65 Å². The summed E-state index contributed by atoms with van der Waals surface area (Å²) in [6, 6.07) is 15.0. The molecule has 0 saturated carbocycles. The van der Waals surface area contributed by atoms with Crippen LogP contribution in [0.15, 0.2) is 67.3 Å². The van der Waals surface area contributed by atoms with E-state index >= 15 is 0 Å². The lowest BCUT2D eigenvalue weighted by Crippen LogP contribution is -2.30. The number of carbonyl (C=O) groups excluding carboxylic acids is 2. The highest BCUT2D eigenvalue weighted by molar-refractivity contribution is 6.06. The van der Waals surface area contributed by atoms with Gasteiger partial charge in [-0.3, -0.25) is 14.6 Å². The first-order valence-corrected chi connectivity index (χ1v) is 10.5. The Bertz CT molecular complexity index is 1300. The standard InChI is InChI=1S/C24H22N6O2/c1-16-8-9-22(31)30(16)20-7-4-6-18(12-20)28-24(32)17-11-21-23(26-13-17)29(15-27-21)14-19-5-2-3-10-25-19/h2-7,10-13,15-16H,8-9,14H2,1H3,(H,28,32). The number of fused-ring (bicyclic) bond motifs is 1. The fraction of sp³-hybridized carbons (Fsp3) is 0.208. The summed E-state index contributed by atoms with van der Waals surface area (Å²) in [5.74, 6) is -0.173. The van der Waals surface area contributed by atoms with E-state index in [0.29, 0.717) is 35.4 Å². The van der Waals surface area contributed by atoms with E-state index in [-0.39, 0.29) is 17.9 Å². The smallest absolute Gasteiger partial charge is 0.257 e. The molecule has 5 rings (SSSR count). The summed E-state index contributed by atoms with van der Waals surface area (Å²) in [5, 5.41) is 2.90. The number of imidazole rings is 1. The van der Waals surface area contributed by atoms with Gasteiger partial charge in [-0.05, 0) is 49.7 Å². The van der Waals surface area contributed by atoms with Crippen LogP contribution in [0.1, 0.15) is 35.8 Å². The highest BCUT2D eigenvalue weighted by Crippen LogP contribution is 2.28. The van der Waals surface area contributed by atoms with E-state index < -0.39 is 0 Å². The average molecular weight is 426 g/mol. The summed E-state index contributed by atoms with van der Waals surface area (Å²) in [6.45, 7) is 2.58. The van der Waals surface area contributed by atoms with E-state index in [9.17, 15) is 9.59 Å². The van der Waals surface area contributed by atoms with Gasteiger partial charge in [-0.15, -0.1) is 0 Å². The van der Waals surface area contributed by atoms with Crippen LogP contribution >= 0.6 is 0 Å². The number of nitrogens with zero attached hydrogens (tertiary/aromatic N) is 5. The predicted molar refractivity (Wildman–Crippen MR) is 121 cm³/mol. The number of hydrogen-bond donors (Lipinski definition) is 1. The van der Waals surface area contributed by atoms with Gasteiger partial charge in [0.25, 0.3) is 5.91 Å². The summed E-state index contributed by atoms with van der Waals surface area (Å²) in [5.41, 5.74) is 4.06. The number of anilines is 2. The van der Waals surface area contributed by atoms with Gasteiger partial charge in [0.1, 0.15) is 5.52 Å². The Labute approximate surface area is 184 Å². The third-order valence-corrected chi connectivity index (χ3v) is 5.64. The van der Waals surface area contributed by atoms with Gasteiger partial charge >= 0.3 is 0 Å². The zero-order valence-electron chi connectivity index (χ0n) is 17.6. The van der Waals surface area contributed by atoms with E-state index in [0.717, 1.165) is 17.8 Å². The molecule has 1 fully saturated rings. The second-order valence-electron chi connectivity index (χ2n) is 7.92. The van der Waals surface area contributed by atoms with Crippen molar-refractivity contribution in [3.8, 4) is 0 Å². The largest absolute Gasteiger partial charge is 0.322 e. The minimum atomic E-state index is -0.281. The Kier molecular flexibility index (Phi) is 5.10. The number of amides is 2. The summed E-state index contributed by atoms with van der Waals surface area (Å²) >= 11 is 0. The minimum absolute atomic E-state index is 0.108. The number of aromatic nitrogens is 4. The molecule has 1 N–H and O–H groups in total. The van der Waals surface area contributed by atoms with Crippen molar-refractivity contribution in [3.05, 3.63) is 78.5 Å². The molecule has 160 valence electrons. The number of benzene rings is 1. The zero-order chi connectivity index (χ0) is 22.1. The number of pyridine rings is 2. The number of nitrogens with one attached hydrogen (secondary N) is 1. The first-order chi connectivity index (χ1) is 15.6. The molecule has 4 aromatic rings. The van der Waals surface area contributed by atoms with Crippen molar-refractivity contribution in [2.24, 2.45) is 0 Å². The second kappa shape index (κ2) is 8.22. The van der Waals surface area contributed by atoms with Crippen LogP contribution in [0.2, 0.25) is 0 Å². The van der Waals surface area contributed by atoms with E-state index in [1.807, 2.05) is 47.9 Å². The number of carbonyl (C=O) groups is 2. The first-order valence-electron chi connectivity index (χ1n) is 10.5. The van der Waals surface area contributed by atoms with E-state index in [1.54, 1.807) is 35.8 Å². The quantitative estimate of drug-likeness (QED) is 0.526. The summed E-state index contributed by atoms with van der Waals surface area (Å²) in [6.07, 6.45) is 6.39. The van der Waals surface area contributed by atoms with Gasteiger partial charge in [-0.2, -0.15) is 0 Å². The van der Waals surface area contributed by atoms with Crippen molar-refractivity contribution in [2.45, 2.75) is 32.4 Å². The van der Waals surface area contributed by atoms with Crippen LogP contribution in [-0.4, -0.2) is 37.4 Å². The van der Waals surface area contributed by atoms with E-state index in [2.05, 4.69) is 20.3 Å². The molecule has 8 nitrogen and oxygen atoms in total. The van der Waals surface area contributed by atoms with Crippen LogP contribution in [0.5, 0.6) is 0 Å². The molecule has 3 aromatic heterocycles. The molecule has 32 heavy (non-hydrogen) atoms. The Hall–Kier alpha value is -4.07. The summed E-state index contributed by atoms with van der Waals surface area (Å²) in [4.78, 5) is 40.0. The topological polar surface area (TPSA) is 93.0 Å². The molecule has 1 aromatic carbocycles. The van der Waals surface area contributed by atoms with Crippen molar-refractivity contribution in [3.63, 3.8) is 0 Å². The Morgan fingerprint density at radius 1 is 1.12 bits per heavy atom. The zero-order valence-corrected chi connectivity index (χ0v) is 17.6. The Morgan fingerprint density at radius 3 is 2.81 bits per heavy atom. The maximum Gasteiger partial charge on any atom is 0.257 e. The summed E-state index contributed by atoms with van der Waals surface area (Å²) in [7, 11) is 0. The van der Waals surface area contributed by atoms with Gasteiger partial charge in [0, 0.05) is 36.2 Å². The number of hydrogen-bond acceptors (Lipinski definition) is 5. The fourth-order valence-electron chi connectivity index (χ4n) is 4.02. The molecule has 1 saturated heterocycles. The van der Waals surface area contributed by atoms with Crippen molar-refractivity contribution in [1.29, 1.82) is 0 Å². The number of rotatable bonds is 5. The van der Waals surface area contributed by atoms with Gasteiger partial charge in [0.05, 0.1) is 24.1 Å². The molecule has 2 amide bonds. The van der Waals surface area contributed by atoms with Gasteiger partial charge < -0.3 is 14.8 Å². The van der Waals surface area contributed by atoms with Crippen LogP contribution in [0.4, 0.5) is 11.4 Å². The van der Waals surface area contributed by atoms with Crippen molar-refractivity contribution in [1.82, 2.24) is 19.5 Å². The predicted octanol–water partition coefficient (Wildman–Crippen LogP) is 3.64. The van der Waals surface area contributed by atoms with E-state index in [4.69, 9.17) is 0 Å². The third-order valence-electron chi connectivity index (χ3n) is 5.64. The lowest BCUT2D eigenvalue weighted by molar-refractivity contribution is -0.117. The van der Waals surface area contributed by atoms with Crippen molar-refractivity contribution in [2.75, 3.05) is 10.2 Å².